The van der Waals surface area contributed by atoms with E-state index < -0.39 is 20.0 Å². The van der Waals surface area contributed by atoms with Gasteiger partial charge < -0.3 is 19.8 Å². The Labute approximate surface area is 347 Å². The van der Waals surface area contributed by atoms with Gasteiger partial charge in [-0.1, -0.05) is 179 Å². The normalized spacial score (nSPS) is 14.6. The molecule has 3 N–H and O–H groups in total. The molecule has 0 aliphatic heterocycles. The number of phosphoric ester groups is 1. The third kappa shape index (κ3) is 40.9. The van der Waals surface area contributed by atoms with Gasteiger partial charge in [0.25, 0.3) is 0 Å². The third-order valence-corrected chi connectivity index (χ3v) is 11.3. The molecule has 0 rings (SSSR count). The number of rotatable bonds is 42. The molecule has 0 radical (unpaired) electrons. The molecule has 0 heterocycles. The predicted molar refractivity (Wildman–Crippen MR) is 240 cm³/mol. The maximum atomic E-state index is 12.9. The van der Waals surface area contributed by atoms with E-state index in [-0.39, 0.29) is 19.1 Å². The van der Waals surface area contributed by atoms with E-state index in [0.29, 0.717) is 17.4 Å². The fourth-order valence-corrected chi connectivity index (χ4v) is 7.32. The number of phosphoric acid groups is 1. The summed E-state index contributed by atoms with van der Waals surface area (Å²) in [5, 5.41) is 13.8. The van der Waals surface area contributed by atoms with Crippen molar-refractivity contribution in [2.75, 3.05) is 40.9 Å². The molecule has 0 bridgehead atoms. The molecular weight excluding hydrogens is 719 g/mol. The van der Waals surface area contributed by atoms with Gasteiger partial charge in [-0.25, -0.2) is 4.57 Å². The summed E-state index contributed by atoms with van der Waals surface area (Å²) in [5.74, 6) is -0.192. The highest BCUT2D eigenvalue weighted by molar-refractivity contribution is 7.47. The molecule has 330 valence electrons. The van der Waals surface area contributed by atoms with Crippen LogP contribution >= 0.6 is 7.82 Å². The average Bonchev–Trinajstić information content (AvgIpc) is 3.15. The molecule has 0 saturated carbocycles. The quantitative estimate of drug-likeness (QED) is 0.0245. The number of nitrogens with zero attached hydrogens (tertiary/aromatic N) is 1. The van der Waals surface area contributed by atoms with Gasteiger partial charge in [-0.15, -0.1) is 0 Å². The molecule has 1 unspecified atom stereocenters. The van der Waals surface area contributed by atoms with Gasteiger partial charge in [-0.2, -0.15) is 0 Å². The summed E-state index contributed by atoms with van der Waals surface area (Å²) in [7, 11) is 1.55. The van der Waals surface area contributed by atoms with E-state index in [9.17, 15) is 19.4 Å². The smallest absolute Gasteiger partial charge is 0.387 e. The molecule has 56 heavy (non-hydrogen) atoms. The van der Waals surface area contributed by atoms with Gasteiger partial charge in [0.15, 0.2) is 0 Å². The molecule has 1 amide bonds. The summed E-state index contributed by atoms with van der Waals surface area (Å²) in [5.41, 5.74) is 0. The van der Waals surface area contributed by atoms with Crippen LogP contribution in [-0.2, 0) is 18.4 Å². The minimum Gasteiger partial charge on any atom is -0.387 e. The van der Waals surface area contributed by atoms with Crippen LogP contribution in [0.1, 0.15) is 206 Å². The Bertz CT molecular complexity index is 1010. The van der Waals surface area contributed by atoms with Crippen molar-refractivity contribution in [1.29, 1.82) is 0 Å². The molecule has 9 heteroatoms. The first-order valence-electron chi connectivity index (χ1n) is 23.4. The number of unbranched alkanes of at least 4 members (excludes halogenated alkanes) is 25. The van der Waals surface area contributed by atoms with Crippen molar-refractivity contribution in [2.24, 2.45) is 0 Å². The Morgan fingerprint density at radius 1 is 0.589 bits per heavy atom. The molecule has 0 aliphatic rings. The fourth-order valence-electron chi connectivity index (χ4n) is 6.58. The number of aliphatic hydroxyl groups excluding tert-OH is 1. The zero-order valence-corrected chi connectivity index (χ0v) is 38.3. The maximum absolute atomic E-state index is 12.9. The van der Waals surface area contributed by atoms with Gasteiger partial charge in [0.2, 0.25) is 5.91 Å². The molecule has 0 aromatic rings. The number of hydrogen-bond acceptors (Lipinski definition) is 5. The maximum Gasteiger partial charge on any atom is 0.472 e. The van der Waals surface area contributed by atoms with Crippen molar-refractivity contribution < 1.29 is 32.9 Å². The van der Waals surface area contributed by atoms with Crippen molar-refractivity contribution in [3.8, 4) is 0 Å². The first-order chi connectivity index (χ1) is 27.0. The van der Waals surface area contributed by atoms with E-state index in [1.165, 1.54) is 148 Å². The number of allylic oxidation sites excluding steroid dienone is 5. The van der Waals surface area contributed by atoms with E-state index in [2.05, 4.69) is 43.5 Å². The monoisotopic (exact) mass is 812 g/mol. The van der Waals surface area contributed by atoms with Gasteiger partial charge >= 0.3 is 7.82 Å². The highest BCUT2D eigenvalue weighted by Crippen LogP contribution is 2.43. The number of amides is 1. The van der Waals surface area contributed by atoms with E-state index in [1.807, 2.05) is 27.2 Å². The Kier molecular flexibility index (Phi) is 38.3. The SMILES string of the molecule is CCCCCCCC/C=C/CCCCCCCCCC(=O)N[C@@H](COP(=O)(O)OCC[N+](C)(C)C)[C@H](O)/C=C/CC/C=C/CCCCCCCCCCCCC. The zero-order chi connectivity index (χ0) is 41.4. The summed E-state index contributed by atoms with van der Waals surface area (Å²) < 4.78 is 23.6. The predicted octanol–water partition coefficient (Wildman–Crippen LogP) is 13.1. The Morgan fingerprint density at radius 3 is 1.43 bits per heavy atom. The highest BCUT2D eigenvalue weighted by atomic mass is 31.2. The fraction of sp³-hybridized carbons (Fsp3) is 0.851. The van der Waals surface area contributed by atoms with Crippen LogP contribution in [0.25, 0.3) is 0 Å². The van der Waals surface area contributed by atoms with Gasteiger partial charge in [-0.05, 0) is 57.8 Å². The zero-order valence-electron chi connectivity index (χ0n) is 37.4. The standard InChI is InChI=1S/C47H91N2O6P/c1-6-8-10-12-14-16-18-20-22-24-26-28-30-32-34-36-38-40-46(50)45(44-55-56(52,53)54-43-42-49(3,4)5)48-47(51)41-39-37-35-33-31-29-27-25-23-21-19-17-15-13-11-9-7-2/h21,23,30,32,38,40,45-46,50H,6-20,22,24-29,31,33-37,39,41-44H2,1-5H3,(H-,48,51,52,53)/p+1/b23-21+,32-30+,40-38+/t45-,46+/m0/s1. The van der Waals surface area contributed by atoms with Crippen molar-refractivity contribution in [1.82, 2.24) is 5.32 Å². The van der Waals surface area contributed by atoms with Crippen molar-refractivity contribution in [2.45, 2.75) is 219 Å². The van der Waals surface area contributed by atoms with E-state index in [1.54, 1.807) is 6.08 Å². The summed E-state index contributed by atoms with van der Waals surface area (Å²) in [4.78, 5) is 23.1. The lowest BCUT2D eigenvalue weighted by Gasteiger charge is -2.25. The third-order valence-electron chi connectivity index (χ3n) is 10.3. The topological polar surface area (TPSA) is 105 Å². The van der Waals surface area contributed by atoms with Gasteiger partial charge in [-0.3, -0.25) is 13.8 Å². The van der Waals surface area contributed by atoms with Gasteiger partial charge in [0.05, 0.1) is 39.9 Å². The highest BCUT2D eigenvalue weighted by Gasteiger charge is 2.27. The first-order valence-corrected chi connectivity index (χ1v) is 24.9. The molecule has 3 atom stereocenters. The summed E-state index contributed by atoms with van der Waals surface area (Å²) in [6.07, 6.45) is 47.8. The van der Waals surface area contributed by atoms with Crippen LogP contribution < -0.4 is 5.32 Å². The molecule has 0 aromatic heterocycles. The van der Waals surface area contributed by atoms with Crippen LogP contribution in [0.2, 0.25) is 0 Å². The largest absolute Gasteiger partial charge is 0.472 e. The van der Waals surface area contributed by atoms with Gasteiger partial charge in [0.1, 0.15) is 13.2 Å². The van der Waals surface area contributed by atoms with Crippen molar-refractivity contribution in [3.63, 3.8) is 0 Å². The molecule has 0 aromatic carbocycles. The minimum absolute atomic E-state index is 0.0554. The second kappa shape index (κ2) is 39.2. The summed E-state index contributed by atoms with van der Waals surface area (Å²) >= 11 is 0. The number of likely N-dealkylation sites (N-methyl/N-ethyl adjacent to an activating group) is 1. The minimum atomic E-state index is -4.35. The van der Waals surface area contributed by atoms with Crippen LogP contribution in [-0.4, -0.2) is 73.4 Å². The average molecular weight is 812 g/mol. The molecule has 0 spiro atoms. The number of quaternary nitrogens is 1. The molecule has 8 nitrogen and oxygen atoms in total. The summed E-state index contributed by atoms with van der Waals surface area (Å²) in [6.45, 7) is 4.79. The van der Waals surface area contributed by atoms with Crippen LogP contribution in [0.4, 0.5) is 0 Å². The van der Waals surface area contributed by atoms with Crippen LogP contribution in [0.15, 0.2) is 36.5 Å². The molecule has 0 aliphatic carbocycles. The Morgan fingerprint density at radius 2 is 0.982 bits per heavy atom. The number of carbonyl (C=O) groups is 1. The second-order valence-electron chi connectivity index (χ2n) is 17.1. The van der Waals surface area contributed by atoms with Crippen molar-refractivity contribution in [3.05, 3.63) is 36.5 Å². The second-order valence-corrected chi connectivity index (χ2v) is 18.6. The Hall–Kier alpha value is -1.28. The lowest BCUT2D eigenvalue weighted by Crippen LogP contribution is -2.45. The first kappa shape index (κ1) is 54.7. The summed E-state index contributed by atoms with van der Waals surface area (Å²) in [6, 6.07) is -0.863. The molecule has 0 saturated heterocycles. The lowest BCUT2D eigenvalue weighted by molar-refractivity contribution is -0.870. The lowest BCUT2D eigenvalue weighted by atomic mass is 10.1. The van der Waals surface area contributed by atoms with E-state index in [0.717, 1.165) is 38.5 Å². The van der Waals surface area contributed by atoms with Crippen LogP contribution in [0.3, 0.4) is 0 Å². The van der Waals surface area contributed by atoms with Crippen molar-refractivity contribution >= 4 is 13.7 Å². The number of hydrogen-bond donors (Lipinski definition) is 3. The van der Waals surface area contributed by atoms with E-state index >= 15 is 0 Å². The van der Waals surface area contributed by atoms with Crippen LogP contribution in [0.5, 0.6) is 0 Å². The van der Waals surface area contributed by atoms with Crippen LogP contribution in [0, 0.1) is 0 Å². The number of nitrogens with one attached hydrogen (secondary N) is 1. The number of aliphatic hydroxyl groups is 1. The Balaban J connectivity index is 4.45. The van der Waals surface area contributed by atoms with Gasteiger partial charge in [0, 0.05) is 6.42 Å². The van der Waals surface area contributed by atoms with E-state index in [4.69, 9.17) is 9.05 Å². The molecule has 0 fully saturated rings. The number of carbonyl (C=O) groups excluding carboxylic acids is 1. The molecular formula is C47H92N2O6P+.